The Hall–Kier alpha value is -2.45. The molecule has 1 saturated heterocycles. The molecule has 0 saturated carbocycles. The highest BCUT2D eigenvalue weighted by Gasteiger charge is 2.27. The molecule has 156 valence electrons. The third-order valence-corrected chi connectivity index (χ3v) is 7.09. The van der Waals surface area contributed by atoms with Crippen molar-refractivity contribution in [3.63, 3.8) is 0 Å². The molecule has 2 aromatic rings. The molecule has 0 bridgehead atoms. The number of anilines is 1. The number of ether oxygens (including phenoxy) is 1. The van der Waals surface area contributed by atoms with E-state index in [-0.39, 0.29) is 10.5 Å². The van der Waals surface area contributed by atoms with Crippen LogP contribution in [0.15, 0.2) is 41.3 Å². The lowest BCUT2D eigenvalue weighted by molar-refractivity contribution is 0.102. The van der Waals surface area contributed by atoms with Crippen molar-refractivity contribution in [1.29, 1.82) is 0 Å². The number of aryl methyl sites for hydroxylation is 1. The van der Waals surface area contributed by atoms with Gasteiger partial charge < -0.3 is 10.1 Å². The van der Waals surface area contributed by atoms with Crippen molar-refractivity contribution in [2.45, 2.75) is 37.5 Å². The summed E-state index contributed by atoms with van der Waals surface area (Å²) in [5, 5.41) is 2.59. The van der Waals surface area contributed by atoms with Gasteiger partial charge in [0, 0.05) is 24.8 Å². The van der Waals surface area contributed by atoms with Gasteiger partial charge in [-0.1, -0.05) is 18.9 Å². The van der Waals surface area contributed by atoms with Crippen LogP contribution in [-0.4, -0.2) is 38.8 Å². The number of methoxy groups -OCH3 is 1. The fourth-order valence-corrected chi connectivity index (χ4v) is 5.15. The zero-order valence-corrected chi connectivity index (χ0v) is 17.4. The molecule has 0 unspecified atom stereocenters. The van der Waals surface area contributed by atoms with Gasteiger partial charge >= 0.3 is 0 Å². The number of benzene rings is 2. The molecule has 1 aliphatic rings. The van der Waals surface area contributed by atoms with Gasteiger partial charge in [0.2, 0.25) is 10.0 Å². The average molecular weight is 421 g/mol. The largest absolute Gasteiger partial charge is 0.497 e. The quantitative estimate of drug-likeness (QED) is 0.794. The fourth-order valence-electron chi connectivity index (χ4n) is 3.38. The molecule has 0 spiro atoms. The number of amides is 1. The third kappa shape index (κ3) is 4.76. The molecule has 2 aromatic carbocycles. The van der Waals surface area contributed by atoms with Gasteiger partial charge in [0.1, 0.15) is 11.6 Å². The van der Waals surface area contributed by atoms with Crippen LogP contribution in [0.3, 0.4) is 0 Å². The number of halogens is 1. The van der Waals surface area contributed by atoms with Crippen molar-refractivity contribution in [1.82, 2.24) is 4.31 Å². The zero-order chi connectivity index (χ0) is 21.0. The minimum atomic E-state index is -3.66. The summed E-state index contributed by atoms with van der Waals surface area (Å²) in [5.41, 5.74) is 0.746. The maximum Gasteiger partial charge on any atom is 0.258 e. The van der Waals surface area contributed by atoms with Crippen LogP contribution >= 0.6 is 0 Å². The molecule has 29 heavy (non-hydrogen) atoms. The number of carbonyl (C=O) groups is 1. The minimum absolute atomic E-state index is 0.150. The number of rotatable bonds is 5. The fraction of sp³-hybridized carbons (Fsp3) is 0.381. The maximum atomic E-state index is 14.2. The lowest BCUT2D eigenvalue weighted by atomic mass is 10.1. The molecule has 3 rings (SSSR count). The standard InChI is InChI=1S/C21H25FN2O4S/c1-15-7-8-16(23-21(25)18-10-9-17(28-2)14-19(18)22)13-20(15)29(26,27)24-11-5-3-4-6-12-24/h7-10,13-14H,3-6,11-12H2,1-2H3,(H,23,25). The summed E-state index contributed by atoms with van der Waals surface area (Å²) in [6.07, 6.45) is 3.72. The van der Waals surface area contributed by atoms with E-state index in [0.717, 1.165) is 31.7 Å². The van der Waals surface area contributed by atoms with E-state index in [2.05, 4.69) is 5.32 Å². The van der Waals surface area contributed by atoms with Crippen molar-refractivity contribution in [3.8, 4) is 5.75 Å². The monoisotopic (exact) mass is 420 g/mol. The molecule has 1 N–H and O–H groups in total. The van der Waals surface area contributed by atoms with Crippen LogP contribution in [0.2, 0.25) is 0 Å². The molecule has 6 nitrogen and oxygen atoms in total. The van der Waals surface area contributed by atoms with E-state index < -0.39 is 21.7 Å². The lowest BCUT2D eigenvalue weighted by Gasteiger charge is -2.21. The zero-order valence-electron chi connectivity index (χ0n) is 16.6. The molecule has 0 atom stereocenters. The van der Waals surface area contributed by atoms with Gasteiger partial charge in [-0.3, -0.25) is 4.79 Å². The van der Waals surface area contributed by atoms with Crippen molar-refractivity contribution in [2.75, 3.05) is 25.5 Å². The van der Waals surface area contributed by atoms with Gasteiger partial charge in [0.15, 0.2) is 0 Å². The second-order valence-electron chi connectivity index (χ2n) is 7.10. The van der Waals surface area contributed by atoms with Crippen LogP contribution in [0, 0.1) is 12.7 Å². The van der Waals surface area contributed by atoms with Gasteiger partial charge in [-0.15, -0.1) is 0 Å². The first-order valence-corrected chi connectivity index (χ1v) is 11.0. The van der Waals surface area contributed by atoms with Crippen molar-refractivity contribution >= 4 is 21.6 Å². The minimum Gasteiger partial charge on any atom is -0.497 e. The predicted molar refractivity (Wildman–Crippen MR) is 109 cm³/mol. The molecule has 8 heteroatoms. The number of hydrogen-bond donors (Lipinski definition) is 1. The molecule has 0 aliphatic carbocycles. The number of nitrogens with one attached hydrogen (secondary N) is 1. The van der Waals surface area contributed by atoms with Crippen molar-refractivity contribution in [3.05, 3.63) is 53.3 Å². The van der Waals surface area contributed by atoms with Gasteiger partial charge in [0.05, 0.1) is 17.6 Å². The van der Waals surface area contributed by atoms with Gasteiger partial charge in [-0.05, 0) is 49.6 Å². The van der Waals surface area contributed by atoms with Crippen LogP contribution in [0.5, 0.6) is 5.75 Å². The molecule has 1 aliphatic heterocycles. The van der Waals surface area contributed by atoms with Gasteiger partial charge in [0.25, 0.3) is 5.91 Å². The molecule has 0 radical (unpaired) electrons. The molecule has 1 amide bonds. The number of carbonyl (C=O) groups excluding carboxylic acids is 1. The Morgan fingerprint density at radius 3 is 2.38 bits per heavy atom. The van der Waals surface area contributed by atoms with Gasteiger partial charge in [-0.2, -0.15) is 4.31 Å². The Balaban J connectivity index is 1.86. The third-order valence-electron chi connectivity index (χ3n) is 5.05. The molecule has 0 aromatic heterocycles. The first-order valence-electron chi connectivity index (χ1n) is 9.58. The second kappa shape index (κ2) is 8.92. The highest BCUT2D eigenvalue weighted by molar-refractivity contribution is 7.89. The maximum absolute atomic E-state index is 14.2. The van der Waals surface area contributed by atoms with Crippen molar-refractivity contribution < 1.29 is 22.3 Å². The van der Waals surface area contributed by atoms with Crippen LogP contribution in [0.1, 0.15) is 41.6 Å². The summed E-state index contributed by atoms with van der Waals surface area (Å²) in [4.78, 5) is 12.6. The van der Waals surface area contributed by atoms with Crippen molar-refractivity contribution in [2.24, 2.45) is 0 Å². The summed E-state index contributed by atoms with van der Waals surface area (Å²) in [6.45, 7) is 2.71. The van der Waals surface area contributed by atoms with E-state index in [0.29, 0.717) is 30.1 Å². The summed E-state index contributed by atoms with van der Waals surface area (Å²) in [6, 6.07) is 8.63. The first-order chi connectivity index (χ1) is 13.8. The summed E-state index contributed by atoms with van der Waals surface area (Å²) < 4.78 is 46.9. The highest BCUT2D eigenvalue weighted by Crippen LogP contribution is 2.26. The predicted octanol–water partition coefficient (Wildman–Crippen LogP) is 3.96. The topological polar surface area (TPSA) is 75.7 Å². The van der Waals surface area contributed by atoms with E-state index in [1.54, 1.807) is 19.1 Å². The number of hydrogen-bond acceptors (Lipinski definition) is 4. The SMILES string of the molecule is COc1ccc(C(=O)Nc2ccc(C)c(S(=O)(=O)N3CCCCCC3)c2)c(F)c1. The Bertz CT molecular complexity index is 1000. The summed E-state index contributed by atoms with van der Waals surface area (Å²) in [7, 11) is -2.25. The van der Waals surface area contributed by atoms with Crippen LogP contribution in [-0.2, 0) is 10.0 Å². The Kier molecular flexibility index (Phi) is 6.54. The first kappa shape index (κ1) is 21.3. The van der Waals surface area contributed by atoms with Crippen LogP contribution < -0.4 is 10.1 Å². The summed E-state index contributed by atoms with van der Waals surface area (Å²) >= 11 is 0. The van der Waals surface area contributed by atoms with E-state index in [1.807, 2.05) is 0 Å². The number of nitrogens with zero attached hydrogens (tertiary/aromatic N) is 1. The van der Waals surface area contributed by atoms with E-state index in [1.165, 1.54) is 29.6 Å². The molecular weight excluding hydrogens is 395 g/mol. The van der Waals surface area contributed by atoms with E-state index in [4.69, 9.17) is 4.74 Å². The smallest absolute Gasteiger partial charge is 0.258 e. The lowest BCUT2D eigenvalue weighted by Crippen LogP contribution is -2.32. The van der Waals surface area contributed by atoms with Crippen LogP contribution in [0.25, 0.3) is 0 Å². The highest BCUT2D eigenvalue weighted by atomic mass is 32.2. The van der Waals surface area contributed by atoms with Gasteiger partial charge in [-0.25, -0.2) is 12.8 Å². The molecular formula is C21H25FN2O4S. The Morgan fingerprint density at radius 2 is 1.76 bits per heavy atom. The Labute approximate surface area is 170 Å². The number of sulfonamides is 1. The average Bonchev–Trinajstić information content (AvgIpc) is 2.99. The Morgan fingerprint density at radius 1 is 1.07 bits per heavy atom. The normalized spacial score (nSPS) is 15.6. The molecule has 1 heterocycles. The second-order valence-corrected chi connectivity index (χ2v) is 9.00. The van der Waals surface area contributed by atoms with E-state index >= 15 is 0 Å². The van der Waals surface area contributed by atoms with Crippen LogP contribution in [0.4, 0.5) is 10.1 Å². The van der Waals surface area contributed by atoms with E-state index in [9.17, 15) is 17.6 Å². The summed E-state index contributed by atoms with van der Waals surface area (Å²) in [5.74, 6) is -1.07. The molecule has 1 fully saturated rings.